The first kappa shape index (κ1) is 9.05. The molecular weight excluding hydrogens is 206 g/mol. The number of benzene rings is 1. The monoisotopic (exact) mass is 215 g/mol. The normalized spacial score (nSPS) is 18.1. The van der Waals surface area contributed by atoms with Gasteiger partial charge in [0.2, 0.25) is 5.91 Å². The fourth-order valence-electron chi connectivity index (χ4n) is 1.89. The first-order chi connectivity index (χ1) is 7.77. The number of primary amides is 1. The van der Waals surface area contributed by atoms with Gasteiger partial charge in [-0.2, -0.15) is 0 Å². The van der Waals surface area contributed by atoms with Crippen molar-refractivity contribution in [2.75, 3.05) is 5.43 Å². The van der Waals surface area contributed by atoms with E-state index in [2.05, 4.69) is 20.8 Å². The molecule has 1 aromatic carbocycles. The van der Waals surface area contributed by atoms with Gasteiger partial charge in [-0.1, -0.05) is 12.1 Å². The van der Waals surface area contributed by atoms with Crippen LogP contribution in [0.2, 0.25) is 0 Å². The summed E-state index contributed by atoms with van der Waals surface area (Å²) in [6, 6.07) is 3.22. The highest BCUT2D eigenvalue weighted by Crippen LogP contribution is 2.33. The molecule has 1 aromatic heterocycles. The molecule has 0 fully saturated rings. The average molecular weight is 215 g/mol. The highest BCUT2D eigenvalue weighted by atomic mass is 16.1. The lowest BCUT2D eigenvalue weighted by Gasteiger charge is -2.05. The van der Waals surface area contributed by atoms with E-state index in [-0.39, 0.29) is 0 Å². The van der Waals surface area contributed by atoms with Gasteiger partial charge in [0.05, 0.1) is 11.2 Å². The molecule has 3 rings (SSSR count). The van der Waals surface area contributed by atoms with E-state index in [0.717, 1.165) is 22.2 Å². The Morgan fingerprint density at radius 3 is 3.12 bits per heavy atom. The Kier molecular flexibility index (Phi) is 1.78. The number of nitrogens with zero attached hydrogens (tertiary/aromatic N) is 2. The predicted molar refractivity (Wildman–Crippen MR) is 58.2 cm³/mol. The molecule has 80 valence electrons. The molecule has 0 saturated heterocycles. The zero-order chi connectivity index (χ0) is 11.1. The highest BCUT2D eigenvalue weighted by Gasteiger charge is 2.27. The topological polar surface area (TPSA) is 92.9 Å². The molecule has 6 heteroatoms. The number of nitrogens with one attached hydrogen (secondary N) is 2. The van der Waals surface area contributed by atoms with Gasteiger partial charge in [0.15, 0.2) is 0 Å². The molecule has 4 N–H and O–H groups in total. The molecule has 1 amide bonds. The van der Waals surface area contributed by atoms with Crippen LogP contribution in [-0.2, 0) is 4.79 Å². The predicted octanol–water partition coefficient (Wildman–Crippen LogP) is 0.0863. The number of carbonyl (C=O) groups is 1. The molecule has 1 atom stereocenters. The van der Waals surface area contributed by atoms with E-state index in [4.69, 9.17) is 5.73 Å². The van der Waals surface area contributed by atoms with Gasteiger partial charge in [-0.3, -0.25) is 4.79 Å². The van der Waals surface area contributed by atoms with Crippen LogP contribution in [0.15, 0.2) is 24.7 Å². The second-order valence-electron chi connectivity index (χ2n) is 3.60. The van der Waals surface area contributed by atoms with E-state index in [9.17, 15) is 4.79 Å². The Balaban J connectivity index is 2.26. The largest absolute Gasteiger partial charge is 0.368 e. The van der Waals surface area contributed by atoms with Gasteiger partial charge < -0.3 is 11.2 Å². The molecule has 0 radical (unpaired) electrons. The summed E-state index contributed by atoms with van der Waals surface area (Å²) in [5.74, 6) is -0.417. The lowest BCUT2D eigenvalue weighted by molar-refractivity contribution is -0.119. The Hall–Kier alpha value is -2.21. The SMILES string of the molecule is NC(=O)C1NNc2c1ccc1cncnc21. The molecule has 0 saturated carbocycles. The number of amides is 1. The molecular formula is C10H9N5O. The highest BCUT2D eigenvalue weighted by molar-refractivity contribution is 5.96. The summed E-state index contributed by atoms with van der Waals surface area (Å²) in [5.41, 5.74) is 13.4. The second-order valence-corrected chi connectivity index (χ2v) is 3.60. The van der Waals surface area contributed by atoms with Crippen molar-refractivity contribution >= 4 is 22.5 Å². The van der Waals surface area contributed by atoms with Gasteiger partial charge in [-0.15, -0.1) is 0 Å². The molecule has 0 spiro atoms. The van der Waals surface area contributed by atoms with Crippen molar-refractivity contribution in [3.05, 3.63) is 30.2 Å². The first-order valence-corrected chi connectivity index (χ1v) is 4.81. The third-order valence-electron chi connectivity index (χ3n) is 2.65. The van der Waals surface area contributed by atoms with E-state index in [1.807, 2.05) is 12.1 Å². The van der Waals surface area contributed by atoms with Gasteiger partial charge in [-0.25, -0.2) is 15.4 Å². The van der Waals surface area contributed by atoms with Gasteiger partial charge in [0.25, 0.3) is 0 Å². The van der Waals surface area contributed by atoms with Crippen LogP contribution >= 0.6 is 0 Å². The van der Waals surface area contributed by atoms with Crippen molar-refractivity contribution < 1.29 is 4.79 Å². The van der Waals surface area contributed by atoms with Crippen LogP contribution in [0.4, 0.5) is 5.69 Å². The van der Waals surface area contributed by atoms with Gasteiger partial charge in [0.1, 0.15) is 12.4 Å². The van der Waals surface area contributed by atoms with Gasteiger partial charge in [-0.05, 0) is 0 Å². The Morgan fingerprint density at radius 2 is 2.31 bits per heavy atom. The van der Waals surface area contributed by atoms with Crippen molar-refractivity contribution in [3.8, 4) is 0 Å². The smallest absolute Gasteiger partial charge is 0.241 e. The van der Waals surface area contributed by atoms with Crippen LogP contribution in [0.25, 0.3) is 10.9 Å². The number of rotatable bonds is 1. The number of hydrogen-bond acceptors (Lipinski definition) is 5. The zero-order valence-electron chi connectivity index (χ0n) is 8.27. The van der Waals surface area contributed by atoms with E-state index < -0.39 is 11.9 Å². The van der Waals surface area contributed by atoms with E-state index in [1.54, 1.807) is 6.20 Å². The van der Waals surface area contributed by atoms with Crippen molar-refractivity contribution in [2.24, 2.45) is 5.73 Å². The minimum absolute atomic E-state index is 0.417. The minimum Gasteiger partial charge on any atom is -0.368 e. The van der Waals surface area contributed by atoms with Crippen LogP contribution in [-0.4, -0.2) is 15.9 Å². The van der Waals surface area contributed by atoms with Gasteiger partial charge in [0, 0.05) is 17.1 Å². The Morgan fingerprint density at radius 1 is 1.44 bits per heavy atom. The lowest BCUT2D eigenvalue weighted by Crippen LogP contribution is -2.31. The number of fused-ring (bicyclic) bond motifs is 3. The third kappa shape index (κ3) is 1.13. The van der Waals surface area contributed by atoms with Crippen LogP contribution in [0, 0.1) is 0 Å². The van der Waals surface area contributed by atoms with Crippen LogP contribution < -0.4 is 16.6 Å². The Bertz CT molecular complexity index is 582. The van der Waals surface area contributed by atoms with Crippen LogP contribution in [0.5, 0.6) is 0 Å². The van der Waals surface area contributed by atoms with Crippen LogP contribution in [0.1, 0.15) is 11.6 Å². The number of anilines is 1. The molecule has 16 heavy (non-hydrogen) atoms. The maximum atomic E-state index is 11.2. The standard InChI is InChI=1S/C10H9N5O/c11-10(16)9-6-2-1-5-3-12-4-13-7(5)8(6)14-15-9/h1-4,9,14-15H,(H2,11,16). The first-order valence-electron chi connectivity index (χ1n) is 4.81. The molecule has 1 aliphatic rings. The number of aromatic nitrogens is 2. The molecule has 0 aliphatic carbocycles. The van der Waals surface area contributed by atoms with Crippen molar-refractivity contribution in [3.63, 3.8) is 0 Å². The van der Waals surface area contributed by atoms with E-state index >= 15 is 0 Å². The zero-order valence-corrected chi connectivity index (χ0v) is 8.27. The number of hydrazine groups is 1. The summed E-state index contributed by atoms with van der Waals surface area (Å²) in [4.78, 5) is 19.3. The van der Waals surface area contributed by atoms with E-state index in [0.29, 0.717) is 0 Å². The molecule has 1 aliphatic heterocycles. The fraction of sp³-hybridized carbons (Fsp3) is 0.100. The molecule has 2 heterocycles. The fourth-order valence-corrected chi connectivity index (χ4v) is 1.89. The van der Waals surface area contributed by atoms with E-state index in [1.165, 1.54) is 6.33 Å². The number of carbonyl (C=O) groups excluding carboxylic acids is 1. The summed E-state index contributed by atoms with van der Waals surface area (Å²) in [6.07, 6.45) is 3.20. The quantitative estimate of drug-likeness (QED) is 0.626. The maximum Gasteiger partial charge on any atom is 0.241 e. The summed E-state index contributed by atoms with van der Waals surface area (Å²) < 4.78 is 0. The molecule has 0 bridgehead atoms. The second kappa shape index (κ2) is 3.14. The number of nitrogens with two attached hydrogens (primary N) is 1. The molecule has 1 unspecified atom stereocenters. The summed E-state index contributed by atoms with van der Waals surface area (Å²) in [7, 11) is 0. The summed E-state index contributed by atoms with van der Waals surface area (Å²) in [6.45, 7) is 0. The average Bonchev–Trinajstić information content (AvgIpc) is 2.73. The maximum absolute atomic E-state index is 11.2. The Labute approximate surface area is 90.8 Å². The summed E-state index contributed by atoms with van der Waals surface area (Å²) in [5, 5.41) is 0.917. The van der Waals surface area contributed by atoms with Crippen molar-refractivity contribution in [1.82, 2.24) is 15.4 Å². The minimum atomic E-state index is -0.505. The van der Waals surface area contributed by atoms with Gasteiger partial charge >= 0.3 is 0 Å². The molecule has 2 aromatic rings. The van der Waals surface area contributed by atoms with Crippen molar-refractivity contribution in [2.45, 2.75) is 6.04 Å². The van der Waals surface area contributed by atoms with Crippen molar-refractivity contribution in [1.29, 1.82) is 0 Å². The summed E-state index contributed by atoms with van der Waals surface area (Å²) >= 11 is 0. The van der Waals surface area contributed by atoms with Crippen LogP contribution in [0.3, 0.4) is 0 Å². The number of hydrogen-bond donors (Lipinski definition) is 3. The molecule has 6 nitrogen and oxygen atoms in total. The third-order valence-corrected chi connectivity index (χ3v) is 2.65. The lowest BCUT2D eigenvalue weighted by atomic mass is 10.0.